The highest BCUT2D eigenvalue weighted by Gasteiger charge is 2.44. The van der Waals surface area contributed by atoms with Crippen LogP contribution in [0.4, 0.5) is 0 Å². The second-order valence-electron chi connectivity index (χ2n) is 22.1. The first kappa shape index (κ1) is 71.1. The van der Waals surface area contributed by atoms with Gasteiger partial charge in [0.05, 0.1) is 25.4 Å². The van der Waals surface area contributed by atoms with Crippen LogP contribution in [0.2, 0.25) is 0 Å². The molecule has 9 unspecified atom stereocenters. The van der Waals surface area contributed by atoms with E-state index in [9.17, 15) is 40.5 Å². The van der Waals surface area contributed by atoms with Crippen molar-refractivity contribution in [2.75, 3.05) is 13.2 Å². The van der Waals surface area contributed by atoms with E-state index in [0.717, 1.165) is 64.2 Å². The van der Waals surface area contributed by atoms with Crippen molar-refractivity contribution in [2.24, 2.45) is 0 Å². The Kier molecular flexibility index (Phi) is 50.0. The van der Waals surface area contributed by atoms with Crippen molar-refractivity contribution in [3.05, 3.63) is 48.6 Å². The minimum Gasteiger partial charge on any atom is -0.394 e. The molecule has 1 heterocycles. The number of hydrogen-bond acceptors (Lipinski definition) is 10. The van der Waals surface area contributed by atoms with Crippen LogP contribution < -0.4 is 5.32 Å². The number of amides is 1. The molecular weight excluding hydrogens is 943 g/mol. The Morgan fingerprint density at radius 3 is 1.19 bits per heavy atom. The molecule has 1 saturated heterocycles. The van der Waals surface area contributed by atoms with E-state index in [1.807, 2.05) is 0 Å². The van der Waals surface area contributed by atoms with Crippen molar-refractivity contribution < 1.29 is 50.0 Å². The fourth-order valence-electron chi connectivity index (χ4n) is 9.94. The molecule has 0 aromatic heterocycles. The van der Waals surface area contributed by atoms with Gasteiger partial charge in [0.15, 0.2) is 6.29 Å². The van der Waals surface area contributed by atoms with Gasteiger partial charge < -0.3 is 50.5 Å². The molecule has 440 valence electrons. The van der Waals surface area contributed by atoms with Crippen LogP contribution in [0.15, 0.2) is 48.6 Å². The molecule has 0 aromatic rings. The lowest BCUT2D eigenvalue weighted by Gasteiger charge is -2.40. The average molecular weight is 1060 g/mol. The summed E-state index contributed by atoms with van der Waals surface area (Å²) < 4.78 is 11.1. The summed E-state index contributed by atoms with van der Waals surface area (Å²) in [5.41, 5.74) is 0. The standard InChI is InChI=1S/C64H119NO10/c1-3-5-7-9-11-13-15-17-19-21-22-23-24-25-26-27-28-29-30-31-32-33-34-35-36-38-39-41-43-45-47-49-51-56(67)59(69)55(54-74-64-62(72)61(71)60(70)58(53-66)75-64)65-63(73)57(68)52-50-48-46-44-42-40-37-20-18-16-14-12-10-8-6-4-2/h18,20,32-33,36,38,43,45,55-62,64,66-72H,3-17,19,21-31,34-35,37,39-42,44,46-54H2,1-2H3,(H,65,73)/b20-18-,33-32+,38-36+,45-43+. The minimum absolute atomic E-state index is 0.239. The number of unbranched alkanes of at least 4 members (excludes halogenated alkanes) is 34. The predicted molar refractivity (Wildman–Crippen MR) is 311 cm³/mol. The van der Waals surface area contributed by atoms with Gasteiger partial charge in [-0.25, -0.2) is 0 Å². The molecular formula is C64H119NO10. The lowest BCUT2D eigenvalue weighted by molar-refractivity contribution is -0.303. The quantitative estimate of drug-likeness (QED) is 0.0215. The Hall–Kier alpha value is -1.93. The molecule has 1 fully saturated rings. The van der Waals surface area contributed by atoms with Crippen LogP contribution in [-0.2, 0) is 14.3 Å². The minimum atomic E-state index is -1.68. The molecule has 75 heavy (non-hydrogen) atoms. The fourth-order valence-corrected chi connectivity index (χ4v) is 9.94. The summed E-state index contributed by atoms with van der Waals surface area (Å²) in [6.45, 7) is 3.45. The number of allylic oxidation sites excluding steroid dienone is 8. The second-order valence-corrected chi connectivity index (χ2v) is 22.1. The van der Waals surface area contributed by atoms with E-state index in [1.54, 1.807) is 0 Å². The molecule has 1 aliphatic heterocycles. The molecule has 0 saturated carbocycles. The number of nitrogens with one attached hydrogen (secondary N) is 1. The Morgan fingerprint density at radius 2 is 0.800 bits per heavy atom. The third kappa shape index (κ3) is 40.9. The lowest BCUT2D eigenvalue weighted by atomic mass is 9.98. The van der Waals surface area contributed by atoms with Crippen molar-refractivity contribution in [1.29, 1.82) is 0 Å². The monoisotopic (exact) mass is 1060 g/mol. The first-order chi connectivity index (χ1) is 36.7. The van der Waals surface area contributed by atoms with Crippen molar-refractivity contribution in [2.45, 2.75) is 339 Å². The van der Waals surface area contributed by atoms with Gasteiger partial charge >= 0.3 is 0 Å². The normalized spacial score (nSPS) is 20.0. The summed E-state index contributed by atoms with van der Waals surface area (Å²) >= 11 is 0. The lowest BCUT2D eigenvalue weighted by Crippen LogP contribution is -2.60. The highest BCUT2D eigenvalue weighted by atomic mass is 16.7. The van der Waals surface area contributed by atoms with Crippen LogP contribution in [0.3, 0.4) is 0 Å². The number of rotatable bonds is 54. The Bertz CT molecular complexity index is 1360. The Labute approximate surface area is 459 Å². The van der Waals surface area contributed by atoms with E-state index in [4.69, 9.17) is 9.47 Å². The van der Waals surface area contributed by atoms with Crippen LogP contribution in [0.25, 0.3) is 0 Å². The smallest absolute Gasteiger partial charge is 0.249 e. The summed E-state index contributed by atoms with van der Waals surface area (Å²) in [5, 5.41) is 76.1. The Balaban J connectivity index is 2.27. The van der Waals surface area contributed by atoms with Crippen LogP contribution in [-0.4, -0.2) is 110 Å². The number of carbonyl (C=O) groups is 1. The second kappa shape index (κ2) is 52.8. The van der Waals surface area contributed by atoms with Crippen LogP contribution >= 0.6 is 0 Å². The van der Waals surface area contributed by atoms with Gasteiger partial charge in [0.1, 0.15) is 36.6 Å². The molecule has 0 spiro atoms. The van der Waals surface area contributed by atoms with Gasteiger partial charge in [0, 0.05) is 0 Å². The van der Waals surface area contributed by atoms with E-state index < -0.39 is 74.2 Å². The SMILES string of the molecule is CCCCCCCC/C=C\CCCCCCCCC(O)C(=O)NC(COC1OC(CO)C(O)C(O)C1O)C(O)C(O)CCC/C=C/CC/C=C/CC/C=C/CCCCCCCCCCCCCCCCCCCCC. The molecule has 0 aromatic carbocycles. The van der Waals surface area contributed by atoms with Crippen molar-refractivity contribution in [3.63, 3.8) is 0 Å². The van der Waals surface area contributed by atoms with E-state index in [2.05, 4.69) is 67.8 Å². The third-order valence-corrected chi connectivity index (χ3v) is 15.1. The summed E-state index contributed by atoms with van der Waals surface area (Å²) in [6, 6.07) is -1.20. The molecule has 0 radical (unpaired) electrons. The Morgan fingerprint density at radius 1 is 0.453 bits per heavy atom. The number of aliphatic hydroxyl groups is 7. The molecule has 1 amide bonds. The molecule has 1 rings (SSSR count). The largest absolute Gasteiger partial charge is 0.394 e. The van der Waals surface area contributed by atoms with Crippen LogP contribution in [0.5, 0.6) is 0 Å². The topological polar surface area (TPSA) is 189 Å². The van der Waals surface area contributed by atoms with Crippen LogP contribution in [0, 0.1) is 0 Å². The molecule has 1 aliphatic rings. The number of aliphatic hydroxyl groups excluding tert-OH is 7. The molecule has 0 bridgehead atoms. The van der Waals surface area contributed by atoms with Crippen molar-refractivity contribution >= 4 is 5.91 Å². The zero-order valence-corrected chi connectivity index (χ0v) is 48.3. The summed E-state index contributed by atoms with van der Waals surface area (Å²) in [4.78, 5) is 13.2. The first-order valence-electron chi connectivity index (χ1n) is 31.5. The number of carbonyl (C=O) groups excluding carboxylic acids is 1. The predicted octanol–water partition coefficient (Wildman–Crippen LogP) is 14.0. The van der Waals surface area contributed by atoms with Gasteiger partial charge in [0.2, 0.25) is 5.91 Å². The maximum atomic E-state index is 13.2. The van der Waals surface area contributed by atoms with E-state index in [1.165, 1.54) is 173 Å². The van der Waals surface area contributed by atoms with Gasteiger partial charge in [-0.3, -0.25) is 4.79 Å². The van der Waals surface area contributed by atoms with Gasteiger partial charge in [0.25, 0.3) is 0 Å². The number of ether oxygens (including phenoxy) is 2. The molecule has 9 atom stereocenters. The van der Waals surface area contributed by atoms with Gasteiger partial charge in [-0.1, -0.05) is 242 Å². The molecule has 11 nitrogen and oxygen atoms in total. The van der Waals surface area contributed by atoms with Crippen molar-refractivity contribution in [3.8, 4) is 0 Å². The maximum Gasteiger partial charge on any atom is 0.249 e. The number of hydrogen-bond donors (Lipinski definition) is 8. The van der Waals surface area contributed by atoms with E-state index >= 15 is 0 Å². The summed E-state index contributed by atoms with van der Waals surface area (Å²) in [5.74, 6) is -0.717. The maximum absolute atomic E-state index is 13.2. The summed E-state index contributed by atoms with van der Waals surface area (Å²) in [6.07, 6.45) is 56.2. The molecule has 8 N–H and O–H groups in total. The van der Waals surface area contributed by atoms with Crippen LogP contribution in [0.1, 0.15) is 284 Å². The highest BCUT2D eigenvalue weighted by molar-refractivity contribution is 5.80. The van der Waals surface area contributed by atoms with Crippen molar-refractivity contribution in [1.82, 2.24) is 5.32 Å². The fraction of sp³-hybridized carbons (Fsp3) is 0.859. The van der Waals surface area contributed by atoms with Gasteiger partial charge in [-0.15, -0.1) is 0 Å². The van der Waals surface area contributed by atoms with Gasteiger partial charge in [-0.2, -0.15) is 0 Å². The zero-order valence-electron chi connectivity index (χ0n) is 48.3. The summed E-state index contributed by atoms with van der Waals surface area (Å²) in [7, 11) is 0. The van der Waals surface area contributed by atoms with E-state index in [0.29, 0.717) is 19.3 Å². The third-order valence-electron chi connectivity index (χ3n) is 15.1. The van der Waals surface area contributed by atoms with Gasteiger partial charge in [-0.05, 0) is 89.9 Å². The molecule has 11 heteroatoms. The zero-order chi connectivity index (χ0) is 54.7. The van der Waals surface area contributed by atoms with E-state index in [-0.39, 0.29) is 12.8 Å². The highest BCUT2D eigenvalue weighted by Crippen LogP contribution is 2.23. The first-order valence-corrected chi connectivity index (χ1v) is 31.5. The average Bonchev–Trinajstić information content (AvgIpc) is 3.41. The molecule has 0 aliphatic carbocycles.